The molecule has 92 valence electrons. The van der Waals surface area contributed by atoms with Crippen LogP contribution in [0.3, 0.4) is 0 Å². The predicted molar refractivity (Wildman–Crippen MR) is 66.8 cm³/mol. The highest BCUT2D eigenvalue weighted by Crippen LogP contribution is 2.28. The van der Waals surface area contributed by atoms with E-state index < -0.39 is 0 Å². The van der Waals surface area contributed by atoms with Crippen molar-refractivity contribution >= 4 is 17.4 Å². The fourth-order valence-electron chi connectivity index (χ4n) is 2.65. The topological polar surface area (TPSA) is 51.4 Å². The van der Waals surface area contributed by atoms with Crippen LogP contribution in [0.2, 0.25) is 5.02 Å². The minimum Gasteiger partial charge on any atom is -0.384 e. The van der Waals surface area contributed by atoms with E-state index in [1.54, 1.807) is 6.07 Å². The van der Waals surface area contributed by atoms with Gasteiger partial charge in [0.1, 0.15) is 5.82 Å². The van der Waals surface area contributed by atoms with Gasteiger partial charge in [0.25, 0.3) is 0 Å². The van der Waals surface area contributed by atoms with Crippen molar-refractivity contribution in [3.8, 4) is 0 Å². The van der Waals surface area contributed by atoms with Crippen molar-refractivity contribution in [1.82, 2.24) is 9.88 Å². The van der Waals surface area contributed by atoms with Gasteiger partial charge in [-0.2, -0.15) is 0 Å². The Morgan fingerprint density at radius 2 is 2.06 bits per heavy atom. The maximum absolute atomic E-state index is 6.13. The summed E-state index contributed by atoms with van der Waals surface area (Å²) in [4.78, 5) is 6.66. The largest absolute Gasteiger partial charge is 0.384 e. The number of nitrogen functional groups attached to an aromatic ring is 1. The summed E-state index contributed by atoms with van der Waals surface area (Å²) in [5.41, 5.74) is 6.56. The summed E-state index contributed by atoms with van der Waals surface area (Å²) >= 11 is 6.13. The molecule has 0 amide bonds. The molecule has 2 fully saturated rings. The molecule has 1 aromatic rings. The number of nitrogens with zero attached hydrogens (tertiary/aromatic N) is 2. The molecule has 2 aliphatic rings. The molecule has 3 heterocycles. The highest BCUT2D eigenvalue weighted by atomic mass is 35.5. The fourth-order valence-corrected chi connectivity index (χ4v) is 2.82. The Morgan fingerprint density at radius 3 is 2.76 bits per heavy atom. The van der Waals surface area contributed by atoms with Gasteiger partial charge in [0, 0.05) is 19.6 Å². The number of fused-ring (bicyclic) bond motifs is 2. The summed E-state index contributed by atoms with van der Waals surface area (Å²) < 4.78 is 5.80. The molecule has 0 saturated carbocycles. The number of aromatic nitrogens is 1. The van der Waals surface area contributed by atoms with Gasteiger partial charge in [-0.25, -0.2) is 4.98 Å². The highest BCUT2D eigenvalue weighted by Gasteiger charge is 2.33. The van der Waals surface area contributed by atoms with Crippen molar-refractivity contribution in [2.75, 3.05) is 18.8 Å². The Balaban J connectivity index is 1.72. The summed E-state index contributed by atoms with van der Waals surface area (Å²) in [5.74, 6) is 0.528. The van der Waals surface area contributed by atoms with Crippen molar-refractivity contribution < 1.29 is 4.74 Å². The van der Waals surface area contributed by atoms with Gasteiger partial charge in [0.15, 0.2) is 0 Å². The average Bonchev–Trinajstić information content (AvgIpc) is 2.63. The Labute approximate surface area is 106 Å². The van der Waals surface area contributed by atoms with Crippen LogP contribution in [-0.4, -0.2) is 35.2 Å². The molecule has 2 aliphatic heterocycles. The third-order valence-electron chi connectivity index (χ3n) is 3.43. The maximum Gasteiger partial charge on any atom is 0.123 e. The molecule has 0 radical (unpaired) electrons. The average molecular weight is 254 g/mol. The third kappa shape index (κ3) is 2.39. The van der Waals surface area contributed by atoms with Gasteiger partial charge in [-0.05, 0) is 25.0 Å². The van der Waals surface area contributed by atoms with Crippen LogP contribution in [0.4, 0.5) is 5.82 Å². The van der Waals surface area contributed by atoms with Crippen LogP contribution in [0.25, 0.3) is 0 Å². The van der Waals surface area contributed by atoms with Crippen LogP contribution in [0.1, 0.15) is 18.5 Å². The molecular formula is C12H16ClN3O. The second-order valence-electron chi connectivity index (χ2n) is 4.82. The molecule has 2 saturated heterocycles. The van der Waals surface area contributed by atoms with Crippen molar-refractivity contribution in [2.24, 2.45) is 0 Å². The molecule has 17 heavy (non-hydrogen) atoms. The molecule has 0 spiro atoms. The summed E-state index contributed by atoms with van der Waals surface area (Å²) in [7, 11) is 0. The lowest BCUT2D eigenvalue weighted by Crippen LogP contribution is -2.42. The lowest BCUT2D eigenvalue weighted by Gasteiger charge is -2.31. The monoisotopic (exact) mass is 253 g/mol. The lowest BCUT2D eigenvalue weighted by molar-refractivity contribution is -0.0413. The first-order valence-electron chi connectivity index (χ1n) is 5.99. The maximum atomic E-state index is 6.13. The van der Waals surface area contributed by atoms with Crippen LogP contribution < -0.4 is 5.73 Å². The Bertz CT molecular complexity index is 414. The number of rotatable bonds is 2. The van der Waals surface area contributed by atoms with E-state index in [-0.39, 0.29) is 0 Å². The van der Waals surface area contributed by atoms with Crippen LogP contribution in [0.15, 0.2) is 12.1 Å². The first-order chi connectivity index (χ1) is 8.20. The number of anilines is 1. The van der Waals surface area contributed by atoms with E-state index in [9.17, 15) is 0 Å². The molecule has 5 heteroatoms. The predicted octanol–water partition coefficient (Wildman–Crippen LogP) is 1.68. The van der Waals surface area contributed by atoms with E-state index in [4.69, 9.17) is 22.1 Å². The molecule has 1 aromatic heterocycles. The van der Waals surface area contributed by atoms with Crippen LogP contribution in [0, 0.1) is 0 Å². The first kappa shape index (κ1) is 11.3. The molecule has 2 unspecified atom stereocenters. The lowest BCUT2D eigenvalue weighted by atomic mass is 10.2. The minimum atomic E-state index is 0.397. The number of hydrogen-bond acceptors (Lipinski definition) is 4. The molecule has 0 aliphatic carbocycles. The standard InChI is InChI=1S/C12H16ClN3O/c13-10-3-4-12(14)15-11(10)7-16-5-8-1-2-9(6-16)17-8/h3-4,8-9H,1-2,5-7H2,(H2,14,15). The molecule has 3 rings (SSSR count). The molecule has 4 nitrogen and oxygen atoms in total. The van der Waals surface area contributed by atoms with Gasteiger partial charge in [0.2, 0.25) is 0 Å². The zero-order valence-electron chi connectivity index (χ0n) is 9.60. The Hall–Kier alpha value is -0.840. The van der Waals surface area contributed by atoms with Gasteiger partial charge in [0.05, 0.1) is 22.9 Å². The summed E-state index contributed by atoms with van der Waals surface area (Å²) in [6.07, 6.45) is 3.15. The molecule has 2 atom stereocenters. The minimum absolute atomic E-state index is 0.397. The Morgan fingerprint density at radius 1 is 1.35 bits per heavy atom. The van der Waals surface area contributed by atoms with Crippen molar-refractivity contribution in [2.45, 2.75) is 31.6 Å². The second-order valence-corrected chi connectivity index (χ2v) is 5.22. The fraction of sp³-hybridized carbons (Fsp3) is 0.583. The summed E-state index contributed by atoms with van der Waals surface area (Å²) in [5, 5.41) is 0.693. The van der Waals surface area contributed by atoms with Gasteiger partial charge < -0.3 is 10.5 Å². The van der Waals surface area contributed by atoms with Crippen LogP contribution >= 0.6 is 11.6 Å². The first-order valence-corrected chi connectivity index (χ1v) is 6.37. The zero-order valence-corrected chi connectivity index (χ0v) is 10.4. The van der Waals surface area contributed by atoms with Crippen molar-refractivity contribution in [3.05, 3.63) is 22.8 Å². The number of morpholine rings is 1. The van der Waals surface area contributed by atoms with E-state index in [1.807, 2.05) is 6.07 Å². The molecule has 2 bridgehead atoms. The van der Waals surface area contributed by atoms with E-state index in [0.29, 0.717) is 23.0 Å². The van der Waals surface area contributed by atoms with Gasteiger partial charge in [-0.3, -0.25) is 4.90 Å². The van der Waals surface area contributed by atoms with E-state index >= 15 is 0 Å². The number of nitrogens with two attached hydrogens (primary N) is 1. The number of likely N-dealkylation sites (tertiary alicyclic amines) is 1. The van der Waals surface area contributed by atoms with Crippen molar-refractivity contribution in [1.29, 1.82) is 0 Å². The second kappa shape index (κ2) is 4.44. The zero-order chi connectivity index (χ0) is 11.8. The molecule has 2 N–H and O–H groups in total. The summed E-state index contributed by atoms with van der Waals surface area (Å²) in [6.45, 7) is 2.72. The quantitative estimate of drug-likeness (QED) is 0.871. The highest BCUT2D eigenvalue weighted by molar-refractivity contribution is 6.31. The van der Waals surface area contributed by atoms with Gasteiger partial charge in [-0.15, -0.1) is 0 Å². The van der Waals surface area contributed by atoms with Crippen molar-refractivity contribution in [3.63, 3.8) is 0 Å². The Kier molecular flexibility index (Phi) is 2.94. The van der Waals surface area contributed by atoms with Gasteiger partial charge >= 0.3 is 0 Å². The number of halogens is 1. The van der Waals surface area contributed by atoms with Crippen LogP contribution in [-0.2, 0) is 11.3 Å². The van der Waals surface area contributed by atoms with Gasteiger partial charge in [-0.1, -0.05) is 11.6 Å². The van der Waals surface area contributed by atoms with E-state index in [1.165, 1.54) is 12.8 Å². The molecule has 0 aromatic carbocycles. The van der Waals surface area contributed by atoms with E-state index in [0.717, 1.165) is 25.3 Å². The number of pyridine rings is 1. The third-order valence-corrected chi connectivity index (χ3v) is 3.78. The SMILES string of the molecule is Nc1ccc(Cl)c(CN2CC3CCC(C2)O3)n1. The summed E-state index contributed by atoms with van der Waals surface area (Å²) in [6, 6.07) is 3.54. The number of ether oxygens (including phenoxy) is 1. The van der Waals surface area contributed by atoms with Crippen LogP contribution in [0.5, 0.6) is 0 Å². The smallest absolute Gasteiger partial charge is 0.123 e. The number of hydrogen-bond donors (Lipinski definition) is 1. The van der Waals surface area contributed by atoms with E-state index in [2.05, 4.69) is 9.88 Å². The molecular weight excluding hydrogens is 238 g/mol. The normalized spacial score (nSPS) is 28.5.